The molecular weight excluding hydrogens is 434 g/mol. The van der Waals surface area contributed by atoms with Gasteiger partial charge in [-0.3, -0.25) is 0 Å². The number of aliphatic carboxylic acids is 1. The first kappa shape index (κ1) is 25.6. The molecule has 34 heavy (non-hydrogen) atoms. The molecule has 184 valence electrons. The van der Waals surface area contributed by atoms with Gasteiger partial charge in [-0.15, -0.1) is 0 Å². The molecule has 1 amide bonds. The molecule has 1 N–H and O–H groups in total. The number of rotatable bonds is 13. The SMILES string of the molecule is CCOC(Cc1ccc(OCCN(CCC2CCCC2)C(=O)Oc2ccccc2)cc1)C(=O)O. The summed E-state index contributed by atoms with van der Waals surface area (Å²) in [5, 5.41) is 9.25. The topological polar surface area (TPSA) is 85.3 Å². The lowest BCUT2D eigenvalue weighted by molar-refractivity contribution is -0.149. The molecule has 3 rings (SSSR count). The van der Waals surface area contributed by atoms with E-state index in [9.17, 15) is 14.7 Å². The number of amides is 1. The molecular formula is C27H35NO6. The standard InChI is InChI=1S/C27H35NO6/c1-2-32-25(26(29)30)20-22-12-14-23(15-13-22)33-19-18-28(17-16-21-8-6-7-9-21)27(31)34-24-10-4-3-5-11-24/h3-5,10-15,21,25H,2,6-9,16-20H2,1H3,(H,29,30). The molecule has 7 nitrogen and oxygen atoms in total. The van der Waals surface area contributed by atoms with Crippen LogP contribution in [0.15, 0.2) is 54.6 Å². The van der Waals surface area contributed by atoms with Gasteiger partial charge in [-0.25, -0.2) is 9.59 Å². The average Bonchev–Trinajstić information content (AvgIpc) is 3.36. The van der Waals surface area contributed by atoms with E-state index in [2.05, 4.69) is 0 Å². The molecule has 2 aromatic carbocycles. The van der Waals surface area contributed by atoms with Crippen molar-refractivity contribution in [1.82, 2.24) is 4.90 Å². The van der Waals surface area contributed by atoms with Crippen molar-refractivity contribution in [1.29, 1.82) is 0 Å². The highest BCUT2D eigenvalue weighted by Gasteiger charge is 2.21. The minimum Gasteiger partial charge on any atom is -0.492 e. The van der Waals surface area contributed by atoms with Crippen molar-refractivity contribution in [3.63, 3.8) is 0 Å². The minimum atomic E-state index is -0.970. The number of hydrogen-bond acceptors (Lipinski definition) is 5. The average molecular weight is 470 g/mol. The summed E-state index contributed by atoms with van der Waals surface area (Å²) >= 11 is 0. The molecule has 0 spiro atoms. The summed E-state index contributed by atoms with van der Waals surface area (Å²) in [6.45, 7) is 3.53. The summed E-state index contributed by atoms with van der Waals surface area (Å²) in [5.74, 6) is 0.898. The maximum Gasteiger partial charge on any atom is 0.415 e. The number of hydrogen-bond donors (Lipinski definition) is 1. The highest BCUT2D eigenvalue weighted by molar-refractivity contribution is 5.72. The summed E-state index contributed by atoms with van der Waals surface area (Å²) in [5.41, 5.74) is 0.859. The van der Waals surface area contributed by atoms with Crippen LogP contribution >= 0.6 is 0 Å². The molecule has 0 heterocycles. The van der Waals surface area contributed by atoms with E-state index in [1.54, 1.807) is 24.0 Å². The van der Waals surface area contributed by atoms with Crippen molar-refractivity contribution in [3.05, 3.63) is 60.2 Å². The number of ether oxygens (including phenoxy) is 3. The Morgan fingerprint density at radius 1 is 1.00 bits per heavy atom. The lowest BCUT2D eigenvalue weighted by Gasteiger charge is -2.23. The van der Waals surface area contributed by atoms with Gasteiger partial charge in [-0.1, -0.05) is 56.0 Å². The number of carbonyl (C=O) groups is 2. The summed E-state index contributed by atoms with van der Waals surface area (Å²) in [6, 6.07) is 16.4. The van der Waals surface area contributed by atoms with Crippen molar-refractivity contribution >= 4 is 12.1 Å². The van der Waals surface area contributed by atoms with Crippen LogP contribution in [0.1, 0.15) is 44.6 Å². The van der Waals surface area contributed by atoms with Crippen LogP contribution in [0.3, 0.4) is 0 Å². The van der Waals surface area contributed by atoms with E-state index in [4.69, 9.17) is 14.2 Å². The molecule has 0 radical (unpaired) electrons. The second kappa shape index (κ2) is 13.6. The van der Waals surface area contributed by atoms with Crippen LogP contribution in [0.4, 0.5) is 4.79 Å². The van der Waals surface area contributed by atoms with Gasteiger partial charge < -0.3 is 24.2 Å². The lowest BCUT2D eigenvalue weighted by atomic mass is 10.0. The fraction of sp³-hybridized carbons (Fsp3) is 0.481. The third kappa shape index (κ3) is 8.37. The molecule has 0 aliphatic heterocycles. The summed E-state index contributed by atoms with van der Waals surface area (Å²) in [7, 11) is 0. The molecule has 1 unspecified atom stereocenters. The Morgan fingerprint density at radius 3 is 2.35 bits per heavy atom. The molecule has 2 aromatic rings. The van der Waals surface area contributed by atoms with E-state index in [1.807, 2.05) is 42.5 Å². The largest absolute Gasteiger partial charge is 0.492 e. The Balaban J connectivity index is 1.51. The van der Waals surface area contributed by atoms with Crippen LogP contribution in [0.25, 0.3) is 0 Å². The molecule has 0 aromatic heterocycles. The van der Waals surface area contributed by atoms with E-state index >= 15 is 0 Å². The predicted molar refractivity (Wildman–Crippen MR) is 129 cm³/mol. The van der Waals surface area contributed by atoms with Gasteiger partial charge in [0.25, 0.3) is 0 Å². The normalized spacial score (nSPS) is 14.5. The zero-order valence-corrected chi connectivity index (χ0v) is 19.9. The third-order valence-electron chi connectivity index (χ3n) is 6.11. The Hall–Kier alpha value is -3.06. The minimum absolute atomic E-state index is 0.295. The fourth-order valence-corrected chi connectivity index (χ4v) is 4.21. The van der Waals surface area contributed by atoms with Crippen LogP contribution in [-0.4, -0.2) is 54.5 Å². The molecule has 1 saturated carbocycles. The van der Waals surface area contributed by atoms with Crippen LogP contribution in [0.2, 0.25) is 0 Å². The van der Waals surface area contributed by atoms with Crippen molar-refractivity contribution in [3.8, 4) is 11.5 Å². The quantitative estimate of drug-likeness (QED) is 0.435. The molecule has 1 aliphatic rings. The van der Waals surface area contributed by atoms with Gasteiger partial charge in [-0.05, 0) is 49.1 Å². The predicted octanol–water partition coefficient (Wildman–Crippen LogP) is 5.18. The van der Waals surface area contributed by atoms with Crippen molar-refractivity contribution in [2.45, 2.75) is 51.6 Å². The first-order chi connectivity index (χ1) is 16.5. The maximum absolute atomic E-state index is 12.8. The fourth-order valence-electron chi connectivity index (χ4n) is 4.21. The number of para-hydroxylation sites is 1. The van der Waals surface area contributed by atoms with Crippen LogP contribution in [-0.2, 0) is 16.0 Å². The van der Waals surface area contributed by atoms with E-state index in [-0.39, 0.29) is 6.09 Å². The van der Waals surface area contributed by atoms with Gasteiger partial charge in [0.2, 0.25) is 0 Å². The van der Waals surface area contributed by atoms with E-state index in [0.717, 1.165) is 12.0 Å². The smallest absolute Gasteiger partial charge is 0.415 e. The zero-order chi connectivity index (χ0) is 24.2. The molecule has 0 saturated heterocycles. The zero-order valence-electron chi connectivity index (χ0n) is 19.9. The molecule has 1 fully saturated rings. The van der Waals surface area contributed by atoms with E-state index < -0.39 is 12.1 Å². The molecule has 7 heteroatoms. The summed E-state index contributed by atoms with van der Waals surface area (Å²) < 4.78 is 16.7. The lowest BCUT2D eigenvalue weighted by Crippen LogP contribution is -2.38. The molecule has 1 aliphatic carbocycles. The monoisotopic (exact) mass is 469 g/mol. The third-order valence-corrected chi connectivity index (χ3v) is 6.11. The second-order valence-electron chi connectivity index (χ2n) is 8.59. The molecule has 0 bridgehead atoms. The number of nitrogens with zero attached hydrogens (tertiary/aromatic N) is 1. The number of carboxylic acids is 1. The van der Waals surface area contributed by atoms with Gasteiger partial charge in [0.05, 0.1) is 6.54 Å². The van der Waals surface area contributed by atoms with E-state index in [0.29, 0.717) is 50.1 Å². The van der Waals surface area contributed by atoms with Gasteiger partial charge in [-0.2, -0.15) is 0 Å². The number of carboxylic acid groups (broad SMARTS) is 1. The molecule has 1 atom stereocenters. The van der Waals surface area contributed by atoms with Crippen LogP contribution < -0.4 is 9.47 Å². The summed E-state index contributed by atoms with van der Waals surface area (Å²) in [4.78, 5) is 25.8. The van der Waals surface area contributed by atoms with Gasteiger partial charge in [0.15, 0.2) is 6.10 Å². The highest BCUT2D eigenvalue weighted by Crippen LogP contribution is 2.27. The first-order valence-electron chi connectivity index (χ1n) is 12.1. The first-order valence-corrected chi connectivity index (χ1v) is 12.1. The van der Waals surface area contributed by atoms with E-state index in [1.165, 1.54) is 25.7 Å². The van der Waals surface area contributed by atoms with Gasteiger partial charge >= 0.3 is 12.1 Å². The van der Waals surface area contributed by atoms with Crippen molar-refractivity contribution < 1.29 is 28.9 Å². The van der Waals surface area contributed by atoms with Crippen LogP contribution in [0.5, 0.6) is 11.5 Å². The van der Waals surface area contributed by atoms with Crippen LogP contribution in [0, 0.1) is 5.92 Å². The maximum atomic E-state index is 12.8. The summed E-state index contributed by atoms with van der Waals surface area (Å²) in [6.07, 6.45) is 5.06. The Morgan fingerprint density at radius 2 is 1.71 bits per heavy atom. The van der Waals surface area contributed by atoms with Crippen molar-refractivity contribution in [2.24, 2.45) is 5.92 Å². The number of carbonyl (C=O) groups excluding carboxylic acids is 1. The Bertz CT molecular complexity index is 880. The Kier molecular flexibility index (Phi) is 10.2. The Labute approximate surface area is 201 Å². The second-order valence-corrected chi connectivity index (χ2v) is 8.59. The van der Waals surface area contributed by atoms with Crippen molar-refractivity contribution in [2.75, 3.05) is 26.3 Å². The van der Waals surface area contributed by atoms with Gasteiger partial charge in [0.1, 0.15) is 18.1 Å². The number of benzene rings is 2. The van der Waals surface area contributed by atoms with Gasteiger partial charge in [0, 0.05) is 19.6 Å². The highest BCUT2D eigenvalue weighted by atomic mass is 16.6.